The number of likely N-dealkylation sites (tertiary alicyclic amines) is 1. The fourth-order valence-corrected chi connectivity index (χ4v) is 4.14. The van der Waals surface area contributed by atoms with Crippen LogP contribution in [0.1, 0.15) is 49.4 Å². The monoisotopic (exact) mass is 309 g/mol. The van der Waals surface area contributed by atoms with Crippen molar-refractivity contribution in [1.29, 1.82) is 0 Å². The molecule has 0 aliphatic carbocycles. The predicted molar refractivity (Wildman–Crippen MR) is 95.2 cm³/mol. The second kappa shape index (κ2) is 7.29. The molecule has 1 heterocycles. The van der Waals surface area contributed by atoms with Crippen LogP contribution < -0.4 is 0 Å². The second-order valence-electron chi connectivity index (χ2n) is 6.70. The first-order valence-electron chi connectivity index (χ1n) is 8.72. The van der Waals surface area contributed by atoms with Gasteiger partial charge < -0.3 is 5.11 Å². The number of hydrogen-bond acceptors (Lipinski definition) is 2. The average Bonchev–Trinajstić information content (AvgIpc) is 2.60. The Hall–Kier alpha value is -1.64. The zero-order valence-electron chi connectivity index (χ0n) is 14.1. The Kier molecular flexibility index (Phi) is 5.14. The van der Waals surface area contributed by atoms with Crippen LogP contribution in [0.2, 0.25) is 0 Å². The van der Waals surface area contributed by atoms with Crippen LogP contribution in [0.4, 0.5) is 0 Å². The highest BCUT2D eigenvalue weighted by molar-refractivity contribution is 5.25. The van der Waals surface area contributed by atoms with Crippen LogP contribution in [-0.4, -0.2) is 23.2 Å². The number of nitrogens with zero attached hydrogens (tertiary/aromatic N) is 1. The first-order chi connectivity index (χ1) is 11.2. The summed E-state index contributed by atoms with van der Waals surface area (Å²) in [6, 6.07) is 21.8. The average molecular weight is 309 g/mol. The number of aliphatic hydroxyl groups is 1. The maximum atomic E-state index is 10.9. The Morgan fingerprint density at radius 1 is 0.957 bits per heavy atom. The summed E-state index contributed by atoms with van der Waals surface area (Å²) in [5, 5.41) is 10.9. The first kappa shape index (κ1) is 16.2. The normalized spacial score (nSPS) is 28.7. The van der Waals surface area contributed by atoms with Crippen molar-refractivity contribution >= 4 is 0 Å². The van der Waals surface area contributed by atoms with Gasteiger partial charge in [-0.25, -0.2) is 0 Å². The van der Waals surface area contributed by atoms with Crippen molar-refractivity contribution in [3.63, 3.8) is 0 Å². The van der Waals surface area contributed by atoms with Gasteiger partial charge in [0.05, 0.1) is 6.10 Å². The van der Waals surface area contributed by atoms with Crippen molar-refractivity contribution in [1.82, 2.24) is 4.90 Å². The molecule has 2 heteroatoms. The van der Waals surface area contributed by atoms with E-state index in [1.807, 2.05) is 0 Å². The molecule has 0 spiro atoms. The summed E-state index contributed by atoms with van der Waals surface area (Å²) < 4.78 is 0. The third-order valence-corrected chi connectivity index (χ3v) is 5.24. The molecule has 1 N–H and O–H groups in total. The molecular formula is C21H27NO. The van der Waals surface area contributed by atoms with Crippen molar-refractivity contribution in [2.24, 2.45) is 5.92 Å². The molecule has 0 radical (unpaired) electrons. The van der Waals surface area contributed by atoms with Gasteiger partial charge in [0.15, 0.2) is 0 Å². The Morgan fingerprint density at radius 3 is 2.09 bits per heavy atom. The fraction of sp³-hybridized carbons (Fsp3) is 0.429. The minimum atomic E-state index is -0.249. The smallest absolute Gasteiger partial charge is 0.0604 e. The third kappa shape index (κ3) is 3.34. The SMILES string of the molecule is CCC[C@H]1[C@@H](c2ccccc2)N(C)[C@@H](c2ccccc2)C[C@@H]1O. The lowest BCUT2D eigenvalue weighted by molar-refractivity contribution is -0.0439. The molecule has 1 saturated heterocycles. The van der Waals surface area contributed by atoms with E-state index in [-0.39, 0.29) is 18.2 Å². The maximum Gasteiger partial charge on any atom is 0.0604 e. The molecule has 122 valence electrons. The number of benzene rings is 2. The van der Waals surface area contributed by atoms with Crippen molar-refractivity contribution in [3.05, 3.63) is 71.8 Å². The topological polar surface area (TPSA) is 23.5 Å². The molecule has 0 saturated carbocycles. The van der Waals surface area contributed by atoms with E-state index in [2.05, 4.69) is 79.5 Å². The Bertz CT molecular complexity index is 598. The molecule has 23 heavy (non-hydrogen) atoms. The van der Waals surface area contributed by atoms with Crippen molar-refractivity contribution in [2.75, 3.05) is 7.05 Å². The van der Waals surface area contributed by atoms with Gasteiger partial charge in [0.25, 0.3) is 0 Å². The molecular weight excluding hydrogens is 282 g/mol. The van der Waals surface area contributed by atoms with Crippen molar-refractivity contribution < 1.29 is 5.11 Å². The quantitative estimate of drug-likeness (QED) is 0.893. The van der Waals surface area contributed by atoms with Gasteiger partial charge in [-0.15, -0.1) is 0 Å². The minimum absolute atomic E-state index is 0.249. The lowest BCUT2D eigenvalue weighted by Gasteiger charge is -2.47. The van der Waals surface area contributed by atoms with E-state index in [4.69, 9.17) is 0 Å². The highest BCUT2D eigenvalue weighted by atomic mass is 16.3. The lowest BCUT2D eigenvalue weighted by Crippen LogP contribution is -2.45. The molecule has 2 aromatic rings. The summed E-state index contributed by atoms with van der Waals surface area (Å²) in [5.41, 5.74) is 2.61. The van der Waals surface area contributed by atoms with Gasteiger partial charge in [0.2, 0.25) is 0 Å². The molecule has 2 aromatic carbocycles. The Morgan fingerprint density at radius 2 is 1.52 bits per heavy atom. The highest BCUT2D eigenvalue weighted by Crippen LogP contribution is 2.45. The number of aliphatic hydroxyl groups excluding tert-OH is 1. The third-order valence-electron chi connectivity index (χ3n) is 5.24. The summed E-state index contributed by atoms with van der Waals surface area (Å²) >= 11 is 0. The number of hydrogen-bond donors (Lipinski definition) is 1. The number of piperidine rings is 1. The largest absolute Gasteiger partial charge is 0.393 e. The summed E-state index contributed by atoms with van der Waals surface area (Å²) in [6.45, 7) is 2.21. The van der Waals surface area contributed by atoms with Crippen LogP contribution in [0.5, 0.6) is 0 Å². The van der Waals surface area contributed by atoms with E-state index in [1.54, 1.807) is 0 Å². The Labute approximate surface area is 139 Å². The van der Waals surface area contributed by atoms with Crippen molar-refractivity contribution in [2.45, 2.75) is 44.4 Å². The van der Waals surface area contributed by atoms with Gasteiger partial charge in [-0.05, 0) is 31.0 Å². The molecule has 1 aliphatic rings. The van der Waals surface area contributed by atoms with Crippen LogP contribution in [0.15, 0.2) is 60.7 Å². The summed E-state index contributed by atoms with van der Waals surface area (Å²) in [6.07, 6.45) is 2.73. The second-order valence-corrected chi connectivity index (χ2v) is 6.70. The molecule has 0 aromatic heterocycles. The molecule has 4 atom stereocenters. The van der Waals surface area contributed by atoms with Crippen LogP contribution in [0.25, 0.3) is 0 Å². The molecule has 0 unspecified atom stereocenters. The van der Waals surface area contributed by atoms with E-state index in [0.717, 1.165) is 19.3 Å². The first-order valence-corrected chi connectivity index (χ1v) is 8.72. The fourth-order valence-electron chi connectivity index (χ4n) is 4.14. The van der Waals surface area contributed by atoms with Gasteiger partial charge in [0, 0.05) is 18.0 Å². The summed E-state index contributed by atoms with van der Waals surface area (Å²) in [7, 11) is 2.21. The zero-order chi connectivity index (χ0) is 16.2. The van der Waals surface area contributed by atoms with Gasteiger partial charge >= 0.3 is 0 Å². The summed E-state index contributed by atoms with van der Waals surface area (Å²) in [4.78, 5) is 2.47. The van der Waals surface area contributed by atoms with E-state index in [1.165, 1.54) is 11.1 Å². The van der Waals surface area contributed by atoms with Crippen LogP contribution in [-0.2, 0) is 0 Å². The predicted octanol–water partition coefficient (Wildman–Crippen LogP) is 4.58. The van der Waals surface area contributed by atoms with Crippen LogP contribution >= 0.6 is 0 Å². The lowest BCUT2D eigenvalue weighted by atomic mass is 9.76. The van der Waals surface area contributed by atoms with Crippen LogP contribution in [0.3, 0.4) is 0 Å². The number of rotatable bonds is 4. The standard InChI is InChI=1S/C21H27NO/c1-3-10-18-20(23)15-19(16-11-6-4-7-12-16)22(2)21(18)17-13-8-5-9-14-17/h4-9,11-14,18-21,23H,3,10,15H2,1-2H3/t18-,19-,20+,21-/m1/s1. The van der Waals surface area contributed by atoms with Gasteiger partial charge in [-0.3, -0.25) is 4.90 Å². The molecule has 1 aliphatic heterocycles. The van der Waals surface area contributed by atoms with Gasteiger partial charge in [0.1, 0.15) is 0 Å². The van der Waals surface area contributed by atoms with E-state index >= 15 is 0 Å². The van der Waals surface area contributed by atoms with E-state index < -0.39 is 0 Å². The molecule has 0 amide bonds. The zero-order valence-corrected chi connectivity index (χ0v) is 14.1. The van der Waals surface area contributed by atoms with Crippen molar-refractivity contribution in [3.8, 4) is 0 Å². The van der Waals surface area contributed by atoms with E-state index in [9.17, 15) is 5.11 Å². The Balaban J connectivity index is 1.97. The highest BCUT2D eigenvalue weighted by Gasteiger charge is 2.41. The van der Waals surface area contributed by atoms with E-state index in [0.29, 0.717) is 5.92 Å². The molecule has 3 rings (SSSR count). The molecule has 0 bridgehead atoms. The molecule has 2 nitrogen and oxygen atoms in total. The summed E-state index contributed by atoms with van der Waals surface area (Å²) in [5.74, 6) is 0.298. The van der Waals surface area contributed by atoms with Gasteiger partial charge in [-0.2, -0.15) is 0 Å². The maximum absolute atomic E-state index is 10.9. The minimum Gasteiger partial charge on any atom is -0.393 e. The van der Waals surface area contributed by atoms with Gasteiger partial charge in [-0.1, -0.05) is 74.0 Å². The molecule has 1 fully saturated rings. The van der Waals surface area contributed by atoms with Crippen LogP contribution in [0, 0.1) is 5.92 Å².